The van der Waals surface area contributed by atoms with Gasteiger partial charge in [-0.05, 0) is 44.0 Å². The third kappa shape index (κ3) is 4.39. The van der Waals surface area contributed by atoms with E-state index in [-0.39, 0.29) is 11.9 Å². The maximum atomic E-state index is 14.2. The summed E-state index contributed by atoms with van der Waals surface area (Å²) < 4.78 is 15.3. The average molecular weight is 350 g/mol. The molecule has 1 unspecified atom stereocenters. The second-order valence-corrected chi connectivity index (χ2v) is 6.18. The van der Waals surface area contributed by atoms with Crippen LogP contribution < -0.4 is 5.32 Å². The molecule has 0 aromatic heterocycles. The van der Waals surface area contributed by atoms with Crippen molar-refractivity contribution in [1.29, 1.82) is 0 Å². The first-order chi connectivity index (χ1) is 10.1. The van der Waals surface area contributed by atoms with Crippen LogP contribution in [0.2, 0.25) is 0 Å². The Morgan fingerprint density at radius 1 is 1.19 bits per heavy atom. The van der Waals surface area contributed by atoms with Gasteiger partial charge in [0.05, 0.1) is 0 Å². The lowest BCUT2D eigenvalue weighted by Gasteiger charge is -2.21. The fourth-order valence-corrected chi connectivity index (χ4v) is 2.87. The highest BCUT2D eigenvalue weighted by atomic mass is 79.9. The largest absolute Gasteiger partial charge is 0.310 e. The van der Waals surface area contributed by atoms with Gasteiger partial charge in [-0.25, -0.2) is 4.39 Å². The highest BCUT2D eigenvalue weighted by molar-refractivity contribution is 9.10. The Kier molecular flexibility index (Phi) is 5.95. The van der Waals surface area contributed by atoms with E-state index in [1.807, 2.05) is 37.3 Å². The predicted molar refractivity (Wildman–Crippen MR) is 90.0 cm³/mol. The van der Waals surface area contributed by atoms with Gasteiger partial charge in [-0.15, -0.1) is 0 Å². The van der Waals surface area contributed by atoms with Crippen molar-refractivity contribution < 1.29 is 4.39 Å². The van der Waals surface area contributed by atoms with Crippen molar-refractivity contribution in [2.24, 2.45) is 0 Å². The second-order valence-electron chi connectivity index (χ2n) is 5.33. The van der Waals surface area contributed by atoms with Gasteiger partial charge in [0, 0.05) is 16.1 Å². The Labute approximate surface area is 134 Å². The molecule has 3 heteroatoms. The Bertz CT molecular complexity index is 598. The van der Waals surface area contributed by atoms with Crippen molar-refractivity contribution in [3.05, 3.63) is 69.4 Å². The molecule has 0 spiro atoms. The lowest BCUT2D eigenvalue weighted by molar-refractivity contribution is 0.496. The fourth-order valence-electron chi connectivity index (χ4n) is 2.42. The van der Waals surface area contributed by atoms with Gasteiger partial charge in [0.25, 0.3) is 0 Å². The minimum atomic E-state index is -0.138. The van der Waals surface area contributed by atoms with Crippen LogP contribution in [0.1, 0.15) is 36.1 Å². The molecule has 1 N–H and O–H groups in total. The summed E-state index contributed by atoms with van der Waals surface area (Å²) in [4.78, 5) is 0. The number of nitrogens with one attached hydrogen (secondary N) is 1. The summed E-state index contributed by atoms with van der Waals surface area (Å²) in [7, 11) is 0. The van der Waals surface area contributed by atoms with Crippen molar-refractivity contribution in [3.63, 3.8) is 0 Å². The van der Waals surface area contributed by atoms with Crippen molar-refractivity contribution in [2.75, 3.05) is 6.54 Å². The van der Waals surface area contributed by atoms with Crippen LogP contribution >= 0.6 is 15.9 Å². The Balaban J connectivity index is 2.30. The second kappa shape index (κ2) is 7.71. The summed E-state index contributed by atoms with van der Waals surface area (Å²) in [5.41, 5.74) is 3.02. The average Bonchev–Trinajstić information content (AvgIpc) is 2.48. The summed E-state index contributed by atoms with van der Waals surface area (Å²) in [6.45, 7) is 5.00. The molecule has 0 amide bonds. The number of halogens is 2. The number of aryl methyl sites for hydroxylation is 1. The molecule has 0 radical (unpaired) electrons. The van der Waals surface area contributed by atoms with E-state index in [1.165, 1.54) is 5.56 Å². The zero-order valence-corrected chi connectivity index (χ0v) is 14.1. The van der Waals surface area contributed by atoms with E-state index >= 15 is 0 Å². The Morgan fingerprint density at radius 3 is 2.67 bits per heavy atom. The molecule has 0 saturated heterocycles. The van der Waals surface area contributed by atoms with Gasteiger partial charge in [-0.2, -0.15) is 0 Å². The molecule has 0 aliphatic heterocycles. The standard InChI is InChI=1S/C18H21BrFN/c1-3-10-21-18(12-14-6-4-5-7-16(14)19)15-11-13(2)8-9-17(15)20/h4-9,11,18,21H,3,10,12H2,1-2H3. The molecular formula is C18H21BrFN. The maximum absolute atomic E-state index is 14.2. The summed E-state index contributed by atoms with van der Waals surface area (Å²) in [5, 5.41) is 3.47. The van der Waals surface area contributed by atoms with Crippen molar-refractivity contribution in [3.8, 4) is 0 Å². The number of hydrogen-bond donors (Lipinski definition) is 1. The van der Waals surface area contributed by atoms with Gasteiger partial charge in [0.15, 0.2) is 0 Å². The molecule has 21 heavy (non-hydrogen) atoms. The monoisotopic (exact) mass is 349 g/mol. The van der Waals surface area contributed by atoms with Gasteiger partial charge in [-0.1, -0.05) is 58.7 Å². The van der Waals surface area contributed by atoms with E-state index in [0.29, 0.717) is 0 Å². The maximum Gasteiger partial charge on any atom is 0.128 e. The van der Waals surface area contributed by atoms with Gasteiger partial charge in [0.2, 0.25) is 0 Å². The van der Waals surface area contributed by atoms with Crippen molar-refractivity contribution >= 4 is 15.9 Å². The number of rotatable bonds is 6. The number of hydrogen-bond acceptors (Lipinski definition) is 1. The van der Waals surface area contributed by atoms with Crippen LogP contribution in [0.5, 0.6) is 0 Å². The summed E-state index contributed by atoms with van der Waals surface area (Å²) in [5.74, 6) is -0.138. The first-order valence-corrected chi connectivity index (χ1v) is 8.14. The van der Waals surface area contributed by atoms with Crippen LogP contribution in [0.25, 0.3) is 0 Å². The molecule has 2 aromatic carbocycles. The summed E-state index contributed by atoms with van der Waals surface area (Å²) >= 11 is 3.58. The van der Waals surface area contributed by atoms with E-state index in [0.717, 1.165) is 35.0 Å². The fraction of sp³-hybridized carbons (Fsp3) is 0.333. The van der Waals surface area contributed by atoms with Gasteiger partial charge >= 0.3 is 0 Å². The van der Waals surface area contributed by atoms with E-state index in [4.69, 9.17) is 0 Å². The molecule has 0 aliphatic rings. The Morgan fingerprint density at radius 2 is 1.95 bits per heavy atom. The molecule has 0 fully saturated rings. The van der Waals surface area contributed by atoms with Gasteiger partial charge < -0.3 is 5.32 Å². The normalized spacial score (nSPS) is 12.4. The molecule has 0 saturated carbocycles. The molecule has 0 bridgehead atoms. The van der Waals surface area contributed by atoms with Gasteiger partial charge in [0.1, 0.15) is 5.82 Å². The topological polar surface area (TPSA) is 12.0 Å². The smallest absolute Gasteiger partial charge is 0.128 e. The Hall–Kier alpha value is -1.19. The van der Waals surface area contributed by atoms with Crippen LogP contribution in [0.3, 0.4) is 0 Å². The molecule has 112 valence electrons. The summed E-state index contributed by atoms with van der Waals surface area (Å²) in [6, 6.07) is 13.4. The first kappa shape index (κ1) is 16.2. The van der Waals surface area contributed by atoms with Crippen LogP contribution in [-0.4, -0.2) is 6.54 Å². The van der Waals surface area contributed by atoms with Crippen molar-refractivity contribution in [1.82, 2.24) is 5.32 Å². The third-order valence-corrected chi connectivity index (χ3v) is 4.32. The van der Waals surface area contributed by atoms with E-state index in [9.17, 15) is 4.39 Å². The quantitative estimate of drug-likeness (QED) is 0.757. The predicted octanol–water partition coefficient (Wildman–Crippen LogP) is 5.18. The minimum Gasteiger partial charge on any atom is -0.310 e. The zero-order chi connectivity index (χ0) is 15.2. The molecule has 2 rings (SSSR count). The molecule has 0 heterocycles. The van der Waals surface area contributed by atoms with E-state index in [1.54, 1.807) is 6.07 Å². The van der Waals surface area contributed by atoms with E-state index < -0.39 is 0 Å². The molecule has 2 aromatic rings. The zero-order valence-electron chi connectivity index (χ0n) is 12.5. The first-order valence-electron chi connectivity index (χ1n) is 7.34. The van der Waals surface area contributed by atoms with Crippen LogP contribution in [0, 0.1) is 12.7 Å². The van der Waals surface area contributed by atoms with Crippen LogP contribution in [0.15, 0.2) is 46.9 Å². The lowest BCUT2D eigenvalue weighted by atomic mass is 9.97. The summed E-state index contributed by atoms with van der Waals surface area (Å²) in [6.07, 6.45) is 1.79. The SMILES string of the molecule is CCCNC(Cc1ccccc1Br)c1cc(C)ccc1F. The number of benzene rings is 2. The van der Waals surface area contributed by atoms with E-state index in [2.05, 4.69) is 34.2 Å². The molecular weight excluding hydrogens is 329 g/mol. The lowest BCUT2D eigenvalue weighted by Crippen LogP contribution is -2.25. The highest BCUT2D eigenvalue weighted by Crippen LogP contribution is 2.26. The van der Waals surface area contributed by atoms with Crippen LogP contribution in [0.4, 0.5) is 4.39 Å². The molecule has 1 nitrogen and oxygen atoms in total. The van der Waals surface area contributed by atoms with Crippen molar-refractivity contribution in [2.45, 2.75) is 32.7 Å². The highest BCUT2D eigenvalue weighted by Gasteiger charge is 2.17. The van der Waals surface area contributed by atoms with Crippen LogP contribution in [-0.2, 0) is 6.42 Å². The minimum absolute atomic E-state index is 0.0106. The molecule has 0 aliphatic carbocycles. The molecule has 1 atom stereocenters. The van der Waals surface area contributed by atoms with Gasteiger partial charge in [-0.3, -0.25) is 0 Å². The third-order valence-electron chi connectivity index (χ3n) is 3.55.